The summed E-state index contributed by atoms with van der Waals surface area (Å²) >= 11 is 0. The molecule has 0 spiro atoms. The zero-order valence-corrected chi connectivity index (χ0v) is 11.4. The van der Waals surface area contributed by atoms with Gasteiger partial charge in [0.15, 0.2) is 0 Å². The molecule has 0 fully saturated rings. The Morgan fingerprint density at radius 1 is 0.737 bits per heavy atom. The summed E-state index contributed by atoms with van der Waals surface area (Å²) in [4.78, 5) is 0. The van der Waals surface area contributed by atoms with Gasteiger partial charge in [-0.2, -0.15) is 0 Å². The molecule has 0 N–H and O–H groups in total. The Labute approximate surface area is 114 Å². The second-order valence-electron chi connectivity index (χ2n) is 5.94. The van der Waals surface area contributed by atoms with E-state index in [2.05, 4.69) is 68.5 Å². The first-order valence-corrected chi connectivity index (χ1v) is 7.13. The van der Waals surface area contributed by atoms with E-state index in [1.807, 2.05) is 0 Å². The van der Waals surface area contributed by atoms with E-state index in [9.17, 15) is 0 Å². The van der Waals surface area contributed by atoms with Crippen LogP contribution in [0.2, 0.25) is 0 Å². The van der Waals surface area contributed by atoms with Crippen LogP contribution in [0.5, 0.6) is 0 Å². The highest BCUT2D eigenvalue weighted by atomic mass is 14.4. The van der Waals surface area contributed by atoms with Crippen molar-refractivity contribution in [3.63, 3.8) is 0 Å². The van der Waals surface area contributed by atoms with Gasteiger partial charge in [-0.1, -0.05) is 67.1 Å². The highest BCUT2D eigenvalue weighted by molar-refractivity contribution is 5.58. The lowest BCUT2D eigenvalue weighted by Gasteiger charge is -2.33. The SMILES string of the molecule is CC1=CC(C)C2c3ccccc3C1c1ccccc12. The van der Waals surface area contributed by atoms with E-state index in [-0.39, 0.29) is 0 Å². The van der Waals surface area contributed by atoms with Gasteiger partial charge in [0.2, 0.25) is 0 Å². The molecule has 3 aliphatic carbocycles. The van der Waals surface area contributed by atoms with E-state index in [0.29, 0.717) is 17.8 Å². The predicted molar refractivity (Wildman–Crippen MR) is 79.5 cm³/mol. The maximum atomic E-state index is 2.48. The summed E-state index contributed by atoms with van der Waals surface area (Å²) in [5, 5.41) is 0. The summed E-state index contributed by atoms with van der Waals surface area (Å²) < 4.78 is 0. The Kier molecular flexibility index (Phi) is 2.23. The van der Waals surface area contributed by atoms with Crippen molar-refractivity contribution in [2.75, 3.05) is 0 Å². The molecule has 0 heteroatoms. The minimum atomic E-state index is 0.466. The average Bonchev–Trinajstić information content (AvgIpc) is 2.61. The maximum absolute atomic E-state index is 2.48. The van der Waals surface area contributed by atoms with E-state index in [0.717, 1.165) is 0 Å². The monoisotopic (exact) mass is 246 g/mol. The fourth-order valence-corrected chi connectivity index (χ4v) is 4.11. The van der Waals surface area contributed by atoms with Gasteiger partial charge in [0.25, 0.3) is 0 Å². The standard InChI is InChI=1S/C19H18/c1-12-11-13(2)19-16-9-5-3-7-14(16)18(12)15-8-4-6-10-17(15)19/h3-12,18-19H,1-2H3. The van der Waals surface area contributed by atoms with Crippen molar-refractivity contribution >= 4 is 0 Å². The van der Waals surface area contributed by atoms with Crippen molar-refractivity contribution in [1.82, 2.24) is 0 Å². The van der Waals surface area contributed by atoms with Crippen molar-refractivity contribution in [3.05, 3.63) is 82.4 Å². The summed E-state index contributed by atoms with van der Waals surface area (Å²) in [6, 6.07) is 18.0. The first-order chi connectivity index (χ1) is 9.27. The first kappa shape index (κ1) is 11.0. The van der Waals surface area contributed by atoms with E-state index in [4.69, 9.17) is 0 Å². The minimum Gasteiger partial charge on any atom is -0.0809 e. The lowest BCUT2D eigenvalue weighted by molar-refractivity contribution is 0.615. The molecule has 2 bridgehead atoms. The Hall–Kier alpha value is -1.82. The lowest BCUT2D eigenvalue weighted by atomic mass is 9.70. The summed E-state index contributed by atoms with van der Waals surface area (Å²) in [6.45, 7) is 4.65. The molecule has 19 heavy (non-hydrogen) atoms. The Balaban J connectivity index is 2.10. The quantitative estimate of drug-likeness (QED) is 0.582. The van der Waals surface area contributed by atoms with E-state index in [1.165, 1.54) is 27.8 Å². The molecule has 5 rings (SSSR count). The second kappa shape index (κ2) is 3.84. The molecule has 0 saturated heterocycles. The smallest absolute Gasteiger partial charge is 0.0302 e. The molecule has 1 unspecified atom stereocenters. The van der Waals surface area contributed by atoms with Crippen LogP contribution in [0.25, 0.3) is 0 Å². The fraction of sp³-hybridized carbons (Fsp3) is 0.263. The Morgan fingerprint density at radius 3 is 1.74 bits per heavy atom. The van der Waals surface area contributed by atoms with Gasteiger partial charge < -0.3 is 0 Å². The number of rotatable bonds is 0. The summed E-state index contributed by atoms with van der Waals surface area (Å²) in [5.41, 5.74) is 7.61. The van der Waals surface area contributed by atoms with Crippen LogP contribution in [0.3, 0.4) is 0 Å². The van der Waals surface area contributed by atoms with Gasteiger partial charge in [0.1, 0.15) is 0 Å². The maximum Gasteiger partial charge on any atom is 0.0302 e. The summed E-state index contributed by atoms with van der Waals surface area (Å²) in [5.74, 6) is 1.57. The Bertz CT molecular complexity index is 630. The third-order valence-electron chi connectivity index (χ3n) is 4.79. The number of benzene rings is 2. The molecule has 0 amide bonds. The van der Waals surface area contributed by atoms with Crippen LogP contribution >= 0.6 is 0 Å². The first-order valence-electron chi connectivity index (χ1n) is 7.13. The van der Waals surface area contributed by atoms with E-state index < -0.39 is 0 Å². The third-order valence-corrected chi connectivity index (χ3v) is 4.79. The number of allylic oxidation sites excluding steroid dienone is 2. The van der Waals surface area contributed by atoms with Gasteiger partial charge in [-0.05, 0) is 35.1 Å². The van der Waals surface area contributed by atoms with Gasteiger partial charge in [-0.15, -0.1) is 0 Å². The molecule has 3 aliphatic rings. The van der Waals surface area contributed by atoms with Crippen molar-refractivity contribution in [2.24, 2.45) is 5.92 Å². The fourth-order valence-electron chi connectivity index (χ4n) is 4.11. The molecule has 2 aromatic carbocycles. The van der Waals surface area contributed by atoms with Gasteiger partial charge in [0, 0.05) is 11.8 Å². The minimum absolute atomic E-state index is 0.466. The van der Waals surface area contributed by atoms with E-state index in [1.54, 1.807) is 0 Å². The third kappa shape index (κ3) is 1.40. The molecule has 0 heterocycles. The van der Waals surface area contributed by atoms with Crippen LogP contribution in [0.1, 0.15) is 47.9 Å². The molecule has 0 aliphatic heterocycles. The second-order valence-corrected chi connectivity index (χ2v) is 5.94. The molecule has 1 atom stereocenters. The molecular formula is C19H18. The van der Waals surface area contributed by atoms with Crippen molar-refractivity contribution in [3.8, 4) is 0 Å². The molecule has 2 aromatic rings. The highest BCUT2D eigenvalue weighted by Crippen LogP contribution is 2.52. The topological polar surface area (TPSA) is 0 Å². The summed E-state index contributed by atoms with van der Waals surface area (Å²) in [7, 11) is 0. The van der Waals surface area contributed by atoms with Gasteiger partial charge >= 0.3 is 0 Å². The molecule has 0 aromatic heterocycles. The van der Waals surface area contributed by atoms with Crippen molar-refractivity contribution < 1.29 is 0 Å². The molecule has 0 nitrogen and oxygen atoms in total. The van der Waals surface area contributed by atoms with Crippen LogP contribution in [0.15, 0.2) is 60.2 Å². The van der Waals surface area contributed by atoms with Crippen molar-refractivity contribution in [2.45, 2.75) is 25.7 Å². The van der Waals surface area contributed by atoms with Crippen molar-refractivity contribution in [1.29, 1.82) is 0 Å². The molecule has 0 radical (unpaired) electrons. The molecule has 94 valence electrons. The average molecular weight is 246 g/mol. The summed E-state index contributed by atoms with van der Waals surface area (Å²) in [6.07, 6.45) is 2.48. The molecule has 0 saturated carbocycles. The van der Waals surface area contributed by atoms with Crippen LogP contribution in [0, 0.1) is 5.92 Å². The Morgan fingerprint density at radius 2 is 1.21 bits per heavy atom. The van der Waals surface area contributed by atoms with Gasteiger partial charge in [-0.3, -0.25) is 0 Å². The van der Waals surface area contributed by atoms with Gasteiger partial charge in [-0.25, -0.2) is 0 Å². The number of hydrogen-bond donors (Lipinski definition) is 0. The number of hydrogen-bond acceptors (Lipinski definition) is 0. The lowest BCUT2D eigenvalue weighted by Crippen LogP contribution is -2.18. The highest BCUT2D eigenvalue weighted by Gasteiger charge is 2.37. The predicted octanol–water partition coefficient (Wildman–Crippen LogP) is 4.86. The van der Waals surface area contributed by atoms with E-state index >= 15 is 0 Å². The zero-order valence-electron chi connectivity index (χ0n) is 11.4. The number of fused-ring (bicyclic) bond motifs is 1. The van der Waals surface area contributed by atoms with Crippen LogP contribution in [-0.2, 0) is 0 Å². The normalized spacial score (nSPS) is 27.3. The van der Waals surface area contributed by atoms with Crippen LogP contribution in [-0.4, -0.2) is 0 Å². The van der Waals surface area contributed by atoms with Gasteiger partial charge in [0.05, 0.1) is 0 Å². The zero-order chi connectivity index (χ0) is 13.0. The van der Waals surface area contributed by atoms with Crippen LogP contribution < -0.4 is 0 Å². The molecular weight excluding hydrogens is 228 g/mol. The van der Waals surface area contributed by atoms with Crippen LogP contribution in [0.4, 0.5) is 0 Å². The largest absolute Gasteiger partial charge is 0.0809 e.